The molecule has 1 aromatic heterocycles. The molecule has 0 radical (unpaired) electrons. The summed E-state index contributed by atoms with van der Waals surface area (Å²) in [4.78, 5) is 38.0. The molecule has 7 nitrogen and oxygen atoms in total. The predicted octanol–water partition coefficient (Wildman–Crippen LogP) is 3.49. The lowest BCUT2D eigenvalue weighted by Crippen LogP contribution is -2.35. The summed E-state index contributed by atoms with van der Waals surface area (Å²) < 4.78 is 1.38. The smallest absolute Gasteiger partial charge is 0.271 e. The van der Waals surface area contributed by atoms with Crippen molar-refractivity contribution in [1.29, 1.82) is 0 Å². The van der Waals surface area contributed by atoms with Crippen LogP contribution < -0.4 is 10.9 Å². The molecule has 2 aromatic carbocycles. The highest BCUT2D eigenvalue weighted by Crippen LogP contribution is 2.29. The third-order valence-electron chi connectivity index (χ3n) is 4.18. The summed E-state index contributed by atoms with van der Waals surface area (Å²) in [6, 6.07) is 12.9. The van der Waals surface area contributed by atoms with Crippen LogP contribution in [-0.2, 0) is 4.79 Å². The van der Waals surface area contributed by atoms with E-state index < -0.39 is 5.91 Å². The van der Waals surface area contributed by atoms with Crippen molar-refractivity contribution in [2.24, 2.45) is 0 Å². The minimum absolute atomic E-state index is 0.183. The number of para-hydroxylation sites is 1. The summed E-state index contributed by atoms with van der Waals surface area (Å²) in [6.07, 6.45) is 0. The number of carbonyl (C=O) groups is 2. The third-order valence-corrected chi connectivity index (χ3v) is 4.81. The van der Waals surface area contributed by atoms with E-state index in [1.807, 2.05) is 0 Å². The number of amides is 2. The number of anilines is 1. The second-order valence-electron chi connectivity index (χ2n) is 6.47. The quantitative estimate of drug-likeness (QED) is 0.646. The zero-order valence-corrected chi connectivity index (χ0v) is 17.2. The Bertz CT molecular complexity index is 1100. The molecule has 0 spiro atoms. The van der Waals surface area contributed by atoms with Crippen LogP contribution in [0, 0.1) is 6.92 Å². The van der Waals surface area contributed by atoms with Gasteiger partial charge in [-0.15, -0.1) is 0 Å². The fourth-order valence-electron chi connectivity index (χ4n) is 2.76. The number of hydrogen-bond acceptors (Lipinski definition) is 3. The maximum atomic E-state index is 12.6. The molecule has 1 heterocycles. The van der Waals surface area contributed by atoms with Gasteiger partial charge in [0.1, 0.15) is 0 Å². The molecular formula is C20H18Cl2N4O3. The van der Waals surface area contributed by atoms with E-state index in [1.165, 1.54) is 22.7 Å². The fourth-order valence-corrected chi connectivity index (χ4v) is 3.25. The monoisotopic (exact) mass is 432 g/mol. The molecule has 2 amide bonds. The average molecular weight is 433 g/mol. The van der Waals surface area contributed by atoms with E-state index in [-0.39, 0.29) is 18.0 Å². The molecule has 150 valence electrons. The summed E-state index contributed by atoms with van der Waals surface area (Å²) in [6.45, 7) is 1.60. The van der Waals surface area contributed by atoms with Gasteiger partial charge in [-0.2, -0.15) is 0 Å². The average Bonchev–Trinajstić information content (AvgIpc) is 3.02. The predicted molar refractivity (Wildman–Crippen MR) is 113 cm³/mol. The van der Waals surface area contributed by atoms with Gasteiger partial charge in [-0.25, -0.2) is 4.68 Å². The molecule has 0 atom stereocenters. The van der Waals surface area contributed by atoms with E-state index in [0.29, 0.717) is 27.0 Å². The van der Waals surface area contributed by atoms with Crippen molar-refractivity contribution in [3.8, 4) is 5.69 Å². The van der Waals surface area contributed by atoms with Gasteiger partial charge in [-0.1, -0.05) is 29.3 Å². The van der Waals surface area contributed by atoms with E-state index in [1.54, 1.807) is 49.4 Å². The lowest BCUT2D eigenvalue weighted by atomic mass is 10.2. The van der Waals surface area contributed by atoms with E-state index in [0.717, 1.165) is 5.69 Å². The van der Waals surface area contributed by atoms with Crippen LogP contribution in [0.1, 0.15) is 16.1 Å². The third kappa shape index (κ3) is 4.70. The summed E-state index contributed by atoms with van der Waals surface area (Å²) in [5.74, 6) is -0.771. The fraction of sp³-hybridized carbons (Fsp3) is 0.150. The summed E-state index contributed by atoms with van der Waals surface area (Å²) in [7, 11) is 1.52. The lowest BCUT2D eigenvalue weighted by molar-refractivity contribution is -0.116. The SMILES string of the molecule is Cc1cc(=O)n(-c2ccc(C(=O)N(C)CC(=O)Nc3c(Cl)cccc3Cl)cc2)[nH]1. The molecule has 0 aliphatic rings. The highest BCUT2D eigenvalue weighted by Gasteiger charge is 2.17. The number of likely N-dealkylation sites (N-methyl/N-ethyl adjacent to an activating group) is 1. The van der Waals surface area contributed by atoms with Crippen molar-refractivity contribution in [2.75, 3.05) is 18.9 Å². The highest BCUT2D eigenvalue weighted by atomic mass is 35.5. The number of benzene rings is 2. The van der Waals surface area contributed by atoms with Gasteiger partial charge in [0.05, 0.1) is 28.0 Å². The second-order valence-corrected chi connectivity index (χ2v) is 7.28. The highest BCUT2D eigenvalue weighted by molar-refractivity contribution is 6.39. The van der Waals surface area contributed by atoms with Gasteiger partial charge in [-0.05, 0) is 43.3 Å². The van der Waals surface area contributed by atoms with E-state index in [4.69, 9.17) is 23.2 Å². The van der Waals surface area contributed by atoms with Crippen molar-refractivity contribution < 1.29 is 9.59 Å². The number of aryl methyl sites for hydroxylation is 1. The van der Waals surface area contributed by atoms with Gasteiger partial charge in [0.2, 0.25) is 5.91 Å². The lowest BCUT2D eigenvalue weighted by Gasteiger charge is -2.18. The molecule has 3 rings (SSSR count). The topological polar surface area (TPSA) is 87.2 Å². The molecule has 29 heavy (non-hydrogen) atoms. The Morgan fingerprint density at radius 3 is 2.28 bits per heavy atom. The number of nitrogens with zero attached hydrogens (tertiary/aromatic N) is 2. The molecule has 0 aliphatic heterocycles. The Balaban J connectivity index is 1.67. The molecule has 9 heteroatoms. The van der Waals surface area contributed by atoms with Crippen molar-refractivity contribution >= 4 is 40.7 Å². The van der Waals surface area contributed by atoms with Crippen LogP contribution in [0.3, 0.4) is 0 Å². The first-order chi connectivity index (χ1) is 13.8. The Hall–Kier alpha value is -3.03. The van der Waals surface area contributed by atoms with E-state index >= 15 is 0 Å². The van der Waals surface area contributed by atoms with Gasteiger partial charge in [0, 0.05) is 24.4 Å². The maximum absolute atomic E-state index is 12.6. The van der Waals surface area contributed by atoms with Gasteiger partial charge in [0.15, 0.2) is 0 Å². The van der Waals surface area contributed by atoms with Crippen LogP contribution in [0.25, 0.3) is 5.69 Å². The van der Waals surface area contributed by atoms with Gasteiger partial charge >= 0.3 is 0 Å². The molecule has 0 saturated heterocycles. The Morgan fingerprint density at radius 1 is 1.10 bits per heavy atom. The molecular weight excluding hydrogens is 415 g/mol. The van der Waals surface area contributed by atoms with Gasteiger partial charge < -0.3 is 10.2 Å². The second kappa shape index (κ2) is 8.55. The Morgan fingerprint density at radius 2 is 1.72 bits per heavy atom. The molecule has 0 saturated carbocycles. The van der Waals surface area contributed by atoms with Crippen LogP contribution in [0.2, 0.25) is 10.0 Å². The van der Waals surface area contributed by atoms with Crippen LogP contribution in [0.15, 0.2) is 53.3 Å². The summed E-state index contributed by atoms with van der Waals surface area (Å²) in [5.41, 5.74) is 1.84. The number of hydrogen-bond donors (Lipinski definition) is 2. The number of halogens is 2. The molecule has 0 aliphatic carbocycles. The molecule has 0 bridgehead atoms. The Labute approximate surface area is 176 Å². The van der Waals surface area contributed by atoms with Crippen LogP contribution in [0.5, 0.6) is 0 Å². The van der Waals surface area contributed by atoms with Gasteiger partial charge in [0.25, 0.3) is 11.5 Å². The standard InChI is InChI=1S/C20H18Cl2N4O3/c1-12-10-18(28)26(24-12)14-8-6-13(7-9-14)20(29)25(2)11-17(27)23-19-15(21)4-3-5-16(19)22/h3-10,24H,11H2,1-2H3,(H,23,27). The number of nitrogens with one attached hydrogen (secondary N) is 2. The zero-order valence-electron chi connectivity index (χ0n) is 15.7. The first-order valence-electron chi connectivity index (χ1n) is 8.64. The normalized spacial score (nSPS) is 10.6. The van der Waals surface area contributed by atoms with Crippen molar-refractivity contribution in [2.45, 2.75) is 6.92 Å². The number of H-pyrrole nitrogens is 1. The minimum Gasteiger partial charge on any atom is -0.332 e. The number of rotatable bonds is 5. The minimum atomic E-state index is -0.430. The van der Waals surface area contributed by atoms with Crippen LogP contribution >= 0.6 is 23.2 Å². The number of aromatic nitrogens is 2. The molecule has 0 unspecified atom stereocenters. The molecule has 0 fully saturated rings. The largest absolute Gasteiger partial charge is 0.332 e. The molecule has 3 aromatic rings. The first-order valence-corrected chi connectivity index (χ1v) is 9.40. The Kier molecular flexibility index (Phi) is 6.10. The summed E-state index contributed by atoms with van der Waals surface area (Å²) in [5, 5.41) is 6.16. The van der Waals surface area contributed by atoms with E-state index in [2.05, 4.69) is 10.4 Å². The molecule has 2 N–H and O–H groups in total. The number of aromatic amines is 1. The maximum Gasteiger partial charge on any atom is 0.271 e. The van der Waals surface area contributed by atoms with Crippen molar-refractivity contribution in [1.82, 2.24) is 14.7 Å². The first kappa shape index (κ1) is 20.7. The van der Waals surface area contributed by atoms with Crippen LogP contribution in [0.4, 0.5) is 5.69 Å². The summed E-state index contributed by atoms with van der Waals surface area (Å²) >= 11 is 12.1. The number of carbonyl (C=O) groups excluding carboxylic acids is 2. The van der Waals surface area contributed by atoms with Crippen LogP contribution in [-0.4, -0.2) is 40.1 Å². The van der Waals surface area contributed by atoms with Gasteiger partial charge in [-0.3, -0.25) is 19.5 Å². The van der Waals surface area contributed by atoms with E-state index in [9.17, 15) is 14.4 Å². The zero-order chi connectivity index (χ0) is 21.1. The van der Waals surface area contributed by atoms with Crippen molar-refractivity contribution in [3.05, 3.63) is 80.2 Å². The van der Waals surface area contributed by atoms with Crippen molar-refractivity contribution in [3.63, 3.8) is 0 Å².